The molecular weight excluding hydrogens is 254 g/mol. The van der Waals surface area contributed by atoms with Crippen molar-refractivity contribution in [1.82, 2.24) is 5.32 Å². The van der Waals surface area contributed by atoms with Crippen molar-refractivity contribution in [2.24, 2.45) is 17.8 Å². The molecule has 1 heterocycles. The Kier molecular flexibility index (Phi) is 8.78. The molecule has 0 aromatic rings. The summed E-state index contributed by atoms with van der Waals surface area (Å²) in [6.45, 7) is 4.94. The van der Waals surface area contributed by atoms with Gasteiger partial charge in [-0.3, -0.25) is 0 Å². The fourth-order valence-corrected chi connectivity index (χ4v) is 4.28. The number of fused-ring (bicyclic) bond motifs is 1. The van der Waals surface area contributed by atoms with Gasteiger partial charge in [0.1, 0.15) is 0 Å². The second kappa shape index (κ2) is 10.6. The van der Waals surface area contributed by atoms with Crippen LogP contribution in [0.25, 0.3) is 0 Å². The van der Waals surface area contributed by atoms with Crippen LogP contribution < -0.4 is 5.32 Å². The van der Waals surface area contributed by atoms with Gasteiger partial charge < -0.3 is 5.32 Å². The molecule has 2 rings (SSSR count). The van der Waals surface area contributed by atoms with Gasteiger partial charge in [-0.05, 0) is 56.5 Å². The molecule has 1 heteroatoms. The van der Waals surface area contributed by atoms with Gasteiger partial charge in [0.2, 0.25) is 0 Å². The average molecular weight is 294 g/mol. The third-order valence-corrected chi connectivity index (χ3v) is 6.09. The quantitative estimate of drug-likeness (QED) is 0.583. The third-order valence-electron chi connectivity index (χ3n) is 6.09. The summed E-state index contributed by atoms with van der Waals surface area (Å²) in [7, 11) is 0. The minimum atomic E-state index is 0.925. The van der Waals surface area contributed by atoms with Crippen LogP contribution in [0, 0.1) is 17.8 Å². The van der Waals surface area contributed by atoms with Crippen molar-refractivity contribution in [2.75, 3.05) is 13.1 Å². The summed E-state index contributed by atoms with van der Waals surface area (Å²) in [6.07, 6.45) is 20.8. The molecule has 21 heavy (non-hydrogen) atoms. The number of hydrogen-bond acceptors (Lipinski definition) is 1. The molecule has 0 spiro atoms. The zero-order valence-corrected chi connectivity index (χ0v) is 14.5. The second-order valence-corrected chi connectivity index (χ2v) is 7.94. The fraction of sp³-hybridized carbons (Fsp3) is 1.00. The van der Waals surface area contributed by atoms with Crippen LogP contribution in [0.3, 0.4) is 0 Å². The third kappa shape index (κ3) is 7.17. The summed E-state index contributed by atoms with van der Waals surface area (Å²) in [5, 5.41) is 3.64. The lowest BCUT2D eigenvalue weighted by atomic mass is 9.69. The number of rotatable bonds is 0. The van der Waals surface area contributed by atoms with Gasteiger partial charge in [-0.2, -0.15) is 0 Å². The maximum atomic E-state index is 3.64. The first-order valence-electron chi connectivity index (χ1n) is 10.1. The van der Waals surface area contributed by atoms with Gasteiger partial charge in [0.05, 0.1) is 0 Å². The Morgan fingerprint density at radius 2 is 1.10 bits per heavy atom. The van der Waals surface area contributed by atoms with E-state index in [2.05, 4.69) is 12.2 Å². The molecular formula is C20H39N. The summed E-state index contributed by atoms with van der Waals surface area (Å²) in [5.41, 5.74) is 0. The molecule has 2 aliphatic rings. The zero-order chi connectivity index (χ0) is 14.8. The maximum absolute atomic E-state index is 3.64. The minimum absolute atomic E-state index is 0.925. The van der Waals surface area contributed by atoms with Crippen molar-refractivity contribution in [3.8, 4) is 0 Å². The molecule has 3 atom stereocenters. The Labute approximate surface area is 133 Å². The van der Waals surface area contributed by atoms with Crippen molar-refractivity contribution in [3.63, 3.8) is 0 Å². The topological polar surface area (TPSA) is 12.0 Å². The molecule has 1 aliphatic carbocycles. The number of nitrogens with one attached hydrogen (secondary N) is 1. The van der Waals surface area contributed by atoms with Crippen LogP contribution in [0.5, 0.6) is 0 Å². The monoisotopic (exact) mass is 293 g/mol. The first kappa shape index (κ1) is 17.3. The SMILES string of the molecule is CC1CCCCC2CCC2CCCCCCCCNCC1. The minimum Gasteiger partial charge on any atom is -0.317 e. The van der Waals surface area contributed by atoms with Gasteiger partial charge in [0.25, 0.3) is 0 Å². The van der Waals surface area contributed by atoms with Gasteiger partial charge in [-0.25, -0.2) is 0 Å². The van der Waals surface area contributed by atoms with E-state index in [1.54, 1.807) is 19.3 Å². The maximum Gasteiger partial charge on any atom is -0.00464 e. The average Bonchev–Trinajstić information content (AvgIpc) is 2.46. The summed E-state index contributed by atoms with van der Waals surface area (Å²) < 4.78 is 0. The fourth-order valence-electron chi connectivity index (χ4n) is 4.28. The summed E-state index contributed by atoms with van der Waals surface area (Å²) in [5.74, 6) is 3.15. The summed E-state index contributed by atoms with van der Waals surface area (Å²) >= 11 is 0. The van der Waals surface area contributed by atoms with Crippen LogP contribution in [-0.2, 0) is 0 Å². The highest BCUT2D eigenvalue weighted by Crippen LogP contribution is 2.41. The molecule has 1 saturated heterocycles. The molecule has 0 amide bonds. The van der Waals surface area contributed by atoms with Crippen molar-refractivity contribution in [3.05, 3.63) is 0 Å². The van der Waals surface area contributed by atoms with Crippen LogP contribution in [0.1, 0.15) is 96.8 Å². The Hall–Kier alpha value is -0.0400. The van der Waals surface area contributed by atoms with Gasteiger partial charge >= 0.3 is 0 Å². The summed E-state index contributed by atoms with van der Waals surface area (Å²) in [6, 6.07) is 0. The Morgan fingerprint density at radius 3 is 1.81 bits per heavy atom. The smallest absolute Gasteiger partial charge is 0.00464 e. The standard InChI is InChI=1S/C20H39N/c1-18-10-7-8-12-20-14-13-19(20)11-6-4-2-3-5-9-16-21-17-15-18/h18-21H,2-17H2,1H3. The highest BCUT2D eigenvalue weighted by Gasteiger charge is 2.29. The molecule has 1 saturated carbocycles. The van der Waals surface area contributed by atoms with Crippen molar-refractivity contribution < 1.29 is 0 Å². The molecule has 0 radical (unpaired) electrons. The predicted molar refractivity (Wildman–Crippen MR) is 93.7 cm³/mol. The van der Waals surface area contributed by atoms with Crippen molar-refractivity contribution in [1.29, 1.82) is 0 Å². The largest absolute Gasteiger partial charge is 0.317 e. The Morgan fingerprint density at radius 1 is 0.524 bits per heavy atom. The van der Waals surface area contributed by atoms with Crippen LogP contribution in [-0.4, -0.2) is 13.1 Å². The van der Waals surface area contributed by atoms with E-state index in [1.807, 2.05) is 0 Å². The van der Waals surface area contributed by atoms with Crippen LogP contribution >= 0.6 is 0 Å². The van der Waals surface area contributed by atoms with E-state index in [4.69, 9.17) is 0 Å². The molecule has 1 aliphatic heterocycles. The molecule has 0 aromatic carbocycles. The normalized spacial score (nSPS) is 35.0. The lowest BCUT2D eigenvalue weighted by molar-refractivity contribution is 0.144. The summed E-state index contributed by atoms with van der Waals surface area (Å²) in [4.78, 5) is 0. The van der Waals surface area contributed by atoms with Crippen LogP contribution in [0.2, 0.25) is 0 Å². The highest BCUT2D eigenvalue weighted by molar-refractivity contribution is 4.80. The van der Waals surface area contributed by atoms with E-state index in [0.717, 1.165) is 17.8 Å². The molecule has 124 valence electrons. The molecule has 3 unspecified atom stereocenters. The van der Waals surface area contributed by atoms with Gasteiger partial charge in [-0.1, -0.05) is 71.1 Å². The van der Waals surface area contributed by atoms with E-state index in [-0.39, 0.29) is 0 Å². The van der Waals surface area contributed by atoms with E-state index in [1.165, 1.54) is 83.7 Å². The zero-order valence-electron chi connectivity index (χ0n) is 14.5. The Bertz CT molecular complexity index is 250. The lowest BCUT2D eigenvalue weighted by Gasteiger charge is -2.37. The Balaban J connectivity index is 1.64. The first-order chi connectivity index (χ1) is 10.4. The van der Waals surface area contributed by atoms with Gasteiger partial charge in [0.15, 0.2) is 0 Å². The molecule has 0 aromatic heterocycles. The van der Waals surface area contributed by atoms with Gasteiger partial charge in [-0.15, -0.1) is 0 Å². The molecule has 2 fully saturated rings. The van der Waals surface area contributed by atoms with Crippen molar-refractivity contribution in [2.45, 2.75) is 96.8 Å². The van der Waals surface area contributed by atoms with Gasteiger partial charge in [0, 0.05) is 0 Å². The van der Waals surface area contributed by atoms with Crippen LogP contribution in [0.15, 0.2) is 0 Å². The van der Waals surface area contributed by atoms with E-state index < -0.39 is 0 Å². The molecule has 1 N–H and O–H groups in total. The van der Waals surface area contributed by atoms with Crippen LogP contribution in [0.4, 0.5) is 0 Å². The van der Waals surface area contributed by atoms with E-state index in [0.29, 0.717) is 0 Å². The predicted octanol–water partition coefficient (Wildman–Crippen LogP) is 5.93. The van der Waals surface area contributed by atoms with Crippen molar-refractivity contribution >= 4 is 0 Å². The molecule has 1 nitrogen and oxygen atoms in total. The lowest BCUT2D eigenvalue weighted by Crippen LogP contribution is -2.25. The number of hydrogen-bond donors (Lipinski definition) is 1. The molecule has 0 bridgehead atoms. The van der Waals surface area contributed by atoms with E-state index in [9.17, 15) is 0 Å². The highest BCUT2D eigenvalue weighted by atomic mass is 14.8. The second-order valence-electron chi connectivity index (χ2n) is 7.94. The van der Waals surface area contributed by atoms with E-state index >= 15 is 0 Å². The first-order valence-corrected chi connectivity index (χ1v) is 10.1.